The second-order valence-corrected chi connectivity index (χ2v) is 9.54. The first-order valence-electron chi connectivity index (χ1n) is 10.4. The van der Waals surface area contributed by atoms with E-state index in [-0.39, 0.29) is 12.5 Å². The van der Waals surface area contributed by atoms with Gasteiger partial charge >= 0.3 is 0 Å². The van der Waals surface area contributed by atoms with Crippen molar-refractivity contribution in [2.75, 3.05) is 6.26 Å². The molecule has 1 aromatic carbocycles. The molecule has 0 radical (unpaired) electrons. The van der Waals surface area contributed by atoms with E-state index in [0.29, 0.717) is 17.3 Å². The Labute approximate surface area is 194 Å². The number of thioether (sulfide) groups is 1. The van der Waals surface area contributed by atoms with E-state index in [4.69, 9.17) is 4.98 Å². The molecule has 166 valence electrons. The summed E-state index contributed by atoms with van der Waals surface area (Å²) in [7, 11) is 0. The van der Waals surface area contributed by atoms with Crippen molar-refractivity contribution in [2.45, 2.75) is 44.0 Å². The third-order valence-corrected chi connectivity index (χ3v) is 6.90. The molecule has 0 unspecified atom stereocenters. The SMILES string of the molecule is CSc1cnc(CC[C@H](C)CCc2nc3ccc(C(=O)NCc4ncon4)cc3s2)nc1. The normalized spacial score (nSPS) is 12.2. The minimum Gasteiger partial charge on any atom is -0.345 e. The van der Waals surface area contributed by atoms with Crippen LogP contribution in [0.15, 0.2) is 46.4 Å². The summed E-state index contributed by atoms with van der Waals surface area (Å²) in [6.45, 7) is 2.49. The maximum Gasteiger partial charge on any atom is 0.251 e. The molecule has 0 aliphatic rings. The molecule has 0 aliphatic carbocycles. The highest BCUT2D eigenvalue weighted by atomic mass is 32.2. The average molecular weight is 469 g/mol. The predicted octanol–water partition coefficient (Wildman–Crippen LogP) is 4.32. The van der Waals surface area contributed by atoms with E-state index < -0.39 is 0 Å². The molecule has 1 N–H and O–H groups in total. The number of aromatic nitrogens is 5. The van der Waals surface area contributed by atoms with Crippen LogP contribution in [0.3, 0.4) is 0 Å². The molecule has 0 saturated heterocycles. The highest BCUT2D eigenvalue weighted by Crippen LogP contribution is 2.26. The van der Waals surface area contributed by atoms with E-state index in [1.807, 2.05) is 30.8 Å². The molecule has 3 heterocycles. The van der Waals surface area contributed by atoms with Crippen molar-refractivity contribution in [1.82, 2.24) is 30.4 Å². The van der Waals surface area contributed by atoms with Crippen molar-refractivity contribution < 1.29 is 9.32 Å². The van der Waals surface area contributed by atoms with Crippen LogP contribution in [0.2, 0.25) is 0 Å². The lowest BCUT2D eigenvalue weighted by atomic mass is 10.00. The van der Waals surface area contributed by atoms with Crippen LogP contribution in [0.4, 0.5) is 0 Å². The quantitative estimate of drug-likeness (QED) is 0.343. The molecule has 3 aromatic heterocycles. The number of hydrogen-bond acceptors (Lipinski definition) is 9. The summed E-state index contributed by atoms with van der Waals surface area (Å²) >= 11 is 3.30. The van der Waals surface area contributed by atoms with Gasteiger partial charge in [-0.1, -0.05) is 12.1 Å². The van der Waals surface area contributed by atoms with Crippen LogP contribution in [-0.4, -0.2) is 37.3 Å². The topological polar surface area (TPSA) is 107 Å². The van der Waals surface area contributed by atoms with Crippen molar-refractivity contribution in [1.29, 1.82) is 0 Å². The Hall–Kier alpha value is -2.85. The Balaban J connectivity index is 1.28. The van der Waals surface area contributed by atoms with E-state index in [2.05, 4.69) is 36.9 Å². The summed E-state index contributed by atoms with van der Waals surface area (Å²) in [5.74, 6) is 1.72. The number of thiazole rings is 1. The Morgan fingerprint density at radius 3 is 2.72 bits per heavy atom. The zero-order valence-electron chi connectivity index (χ0n) is 17.9. The van der Waals surface area contributed by atoms with Crippen molar-refractivity contribution in [3.05, 3.63) is 59.2 Å². The number of nitrogens with one attached hydrogen (secondary N) is 1. The number of rotatable bonds is 10. The van der Waals surface area contributed by atoms with E-state index in [1.165, 1.54) is 6.39 Å². The summed E-state index contributed by atoms with van der Waals surface area (Å²) < 4.78 is 5.69. The van der Waals surface area contributed by atoms with E-state index in [0.717, 1.165) is 51.6 Å². The van der Waals surface area contributed by atoms with Gasteiger partial charge in [0.2, 0.25) is 6.39 Å². The van der Waals surface area contributed by atoms with Gasteiger partial charge in [0.15, 0.2) is 5.82 Å². The van der Waals surface area contributed by atoms with Gasteiger partial charge in [0.1, 0.15) is 5.82 Å². The van der Waals surface area contributed by atoms with Crippen LogP contribution in [0.1, 0.15) is 46.8 Å². The van der Waals surface area contributed by atoms with Crippen LogP contribution < -0.4 is 5.32 Å². The van der Waals surface area contributed by atoms with Gasteiger partial charge in [-0.2, -0.15) is 4.98 Å². The molecule has 1 atom stereocenters. The molecular formula is C22H24N6O2S2. The monoisotopic (exact) mass is 468 g/mol. The first kappa shape index (κ1) is 22.3. The summed E-state index contributed by atoms with van der Waals surface area (Å²) in [5.41, 5.74) is 1.52. The van der Waals surface area contributed by atoms with Crippen molar-refractivity contribution >= 4 is 39.2 Å². The molecule has 0 spiro atoms. The van der Waals surface area contributed by atoms with Crippen LogP contribution >= 0.6 is 23.1 Å². The fourth-order valence-corrected chi connectivity index (χ4v) is 4.56. The van der Waals surface area contributed by atoms with Gasteiger partial charge < -0.3 is 9.84 Å². The fourth-order valence-electron chi connectivity index (χ4n) is 3.22. The first-order valence-corrected chi connectivity index (χ1v) is 12.4. The summed E-state index contributed by atoms with van der Waals surface area (Å²) in [5, 5.41) is 7.58. The number of nitrogens with zero attached hydrogens (tertiary/aromatic N) is 5. The highest BCUT2D eigenvalue weighted by Gasteiger charge is 2.12. The smallest absolute Gasteiger partial charge is 0.251 e. The number of carbonyl (C=O) groups is 1. The highest BCUT2D eigenvalue weighted by molar-refractivity contribution is 7.98. The Bertz CT molecular complexity index is 1160. The standard InChI is InChI=1S/C22H24N6O2S2/c1-14(3-7-19-23-10-16(31-2)11-24-19)4-8-21-27-17-6-5-15(9-18(17)32-21)22(29)25-12-20-26-13-30-28-20/h5-6,9-11,13-14H,3-4,7-8,12H2,1-2H3,(H,25,29)/t14-/m0/s1. The largest absolute Gasteiger partial charge is 0.345 e. The molecule has 0 saturated carbocycles. The van der Waals surface area contributed by atoms with E-state index >= 15 is 0 Å². The number of hydrogen-bond donors (Lipinski definition) is 1. The maximum absolute atomic E-state index is 12.4. The van der Waals surface area contributed by atoms with Crippen molar-refractivity contribution in [2.24, 2.45) is 5.92 Å². The van der Waals surface area contributed by atoms with Crippen LogP contribution in [-0.2, 0) is 19.4 Å². The van der Waals surface area contributed by atoms with Gasteiger partial charge in [0.25, 0.3) is 5.91 Å². The van der Waals surface area contributed by atoms with E-state index in [9.17, 15) is 4.79 Å². The predicted molar refractivity (Wildman–Crippen MR) is 125 cm³/mol. The van der Waals surface area contributed by atoms with E-state index in [1.54, 1.807) is 29.2 Å². The zero-order chi connectivity index (χ0) is 22.3. The number of aryl methyl sites for hydroxylation is 2. The Kier molecular flexibility index (Phi) is 7.43. The fraction of sp³-hybridized carbons (Fsp3) is 0.364. The van der Waals surface area contributed by atoms with Gasteiger partial charge in [-0.05, 0) is 49.6 Å². The first-order chi connectivity index (χ1) is 15.6. The molecule has 0 fully saturated rings. The number of fused-ring (bicyclic) bond motifs is 1. The van der Waals surface area contributed by atoms with Gasteiger partial charge in [0.05, 0.1) is 21.8 Å². The zero-order valence-corrected chi connectivity index (χ0v) is 19.6. The Morgan fingerprint density at radius 2 is 1.97 bits per heavy atom. The maximum atomic E-state index is 12.4. The molecular weight excluding hydrogens is 444 g/mol. The van der Waals surface area contributed by atoms with Crippen molar-refractivity contribution in [3.8, 4) is 0 Å². The molecule has 4 rings (SSSR count). The molecule has 4 aromatic rings. The van der Waals surface area contributed by atoms with Gasteiger partial charge in [-0.15, -0.1) is 23.1 Å². The average Bonchev–Trinajstić information content (AvgIpc) is 3.49. The number of amides is 1. The van der Waals surface area contributed by atoms with Crippen LogP contribution in [0, 0.1) is 5.92 Å². The molecule has 0 bridgehead atoms. The van der Waals surface area contributed by atoms with Gasteiger partial charge in [0, 0.05) is 29.3 Å². The lowest BCUT2D eigenvalue weighted by molar-refractivity contribution is 0.0950. The number of carbonyl (C=O) groups excluding carboxylic acids is 1. The molecule has 0 aliphatic heterocycles. The Morgan fingerprint density at radius 1 is 1.16 bits per heavy atom. The van der Waals surface area contributed by atoms with Crippen LogP contribution in [0.5, 0.6) is 0 Å². The lowest BCUT2D eigenvalue weighted by Gasteiger charge is -2.09. The molecule has 8 nitrogen and oxygen atoms in total. The second-order valence-electron chi connectivity index (χ2n) is 7.54. The molecule has 1 amide bonds. The van der Waals surface area contributed by atoms with Crippen molar-refractivity contribution in [3.63, 3.8) is 0 Å². The third kappa shape index (κ3) is 5.89. The number of benzene rings is 1. The lowest BCUT2D eigenvalue weighted by Crippen LogP contribution is -2.23. The van der Waals surface area contributed by atoms with Gasteiger partial charge in [-0.25, -0.2) is 15.0 Å². The third-order valence-electron chi connectivity index (χ3n) is 5.14. The minimum atomic E-state index is -0.173. The summed E-state index contributed by atoms with van der Waals surface area (Å²) in [6, 6.07) is 5.58. The van der Waals surface area contributed by atoms with Gasteiger partial charge in [-0.3, -0.25) is 4.79 Å². The summed E-state index contributed by atoms with van der Waals surface area (Å²) in [4.78, 5) is 31.0. The van der Waals surface area contributed by atoms with Crippen LogP contribution in [0.25, 0.3) is 10.2 Å². The second kappa shape index (κ2) is 10.6. The molecule has 10 heteroatoms. The minimum absolute atomic E-state index is 0.173. The summed E-state index contributed by atoms with van der Waals surface area (Å²) in [6.07, 6.45) is 11.0. The molecule has 32 heavy (non-hydrogen) atoms.